The number of phenolic OH excluding ortho intramolecular Hbond substituents is 1. The van der Waals surface area contributed by atoms with E-state index in [-0.39, 0.29) is 24.5 Å². The van der Waals surface area contributed by atoms with Crippen molar-refractivity contribution in [2.45, 2.75) is 64.3 Å². The van der Waals surface area contributed by atoms with E-state index >= 15 is 0 Å². The van der Waals surface area contributed by atoms with Gasteiger partial charge in [0.25, 0.3) is 11.8 Å². The molecular weight excluding hydrogens is 727 g/mol. The standard InChI is InChI=1S/C48H53N5O5/c1-2-3-9-40(34-7-5-4-6-8-34)45(36-12-17-39(54)18-13-36)35-10-14-37(15-11-35)51-26-23-33(24-27-51)22-25-50-28-30-52(31-29-50)38-16-19-41-42(32-38)48(58)53(47(41)57)43-20-21-44(55)49-46(43)56/h4-8,10-19,32-33,43,54H,2-3,9,20-31H2,1H3,(H,49,55,56)/b45-40+. The molecule has 10 heteroatoms. The lowest BCUT2D eigenvalue weighted by Crippen LogP contribution is -2.54. The van der Waals surface area contributed by atoms with Crippen LogP contribution in [0.4, 0.5) is 11.4 Å². The minimum Gasteiger partial charge on any atom is -0.508 e. The molecule has 1 unspecified atom stereocenters. The van der Waals surface area contributed by atoms with E-state index in [0.717, 1.165) is 81.2 Å². The molecule has 0 aliphatic carbocycles. The van der Waals surface area contributed by atoms with Crippen LogP contribution >= 0.6 is 0 Å². The van der Waals surface area contributed by atoms with Crippen LogP contribution in [0.2, 0.25) is 0 Å². The maximum Gasteiger partial charge on any atom is 0.262 e. The average molecular weight is 780 g/mol. The summed E-state index contributed by atoms with van der Waals surface area (Å²) in [5.41, 5.74) is 8.91. The third-order valence-corrected chi connectivity index (χ3v) is 12.5. The molecule has 0 saturated carbocycles. The fraction of sp³-hybridized carbons (Fsp3) is 0.375. The summed E-state index contributed by atoms with van der Waals surface area (Å²) in [5.74, 6) is -0.952. The van der Waals surface area contributed by atoms with E-state index in [2.05, 4.69) is 81.5 Å². The van der Waals surface area contributed by atoms with Crippen LogP contribution in [0.25, 0.3) is 11.1 Å². The molecule has 4 aromatic rings. The predicted molar refractivity (Wildman–Crippen MR) is 228 cm³/mol. The lowest BCUT2D eigenvalue weighted by molar-refractivity contribution is -0.136. The Balaban J connectivity index is 0.843. The van der Waals surface area contributed by atoms with Gasteiger partial charge in [0.05, 0.1) is 11.1 Å². The van der Waals surface area contributed by atoms with Crippen molar-refractivity contribution in [3.05, 3.63) is 125 Å². The number of aromatic hydroxyl groups is 1. The number of fused-ring (bicyclic) bond motifs is 1. The Labute approximate surface area is 341 Å². The molecule has 8 rings (SSSR count). The van der Waals surface area contributed by atoms with Crippen LogP contribution in [0, 0.1) is 5.92 Å². The molecule has 4 aliphatic heterocycles. The lowest BCUT2D eigenvalue weighted by atomic mass is 9.87. The van der Waals surface area contributed by atoms with Crippen molar-refractivity contribution in [2.24, 2.45) is 5.92 Å². The number of nitrogens with zero attached hydrogens (tertiary/aromatic N) is 4. The van der Waals surface area contributed by atoms with Gasteiger partial charge < -0.3 is 14.9 Å². The fourth-order valence-electron chi connectivity index (χ4n) is 9.12. The van der Waals surface area contributed by atoms with E-state index in [9.17, 15) is 24.3 Å². The van der Waals surface area contributed by atoms with Crippen LogP contribution in [-0.4, -0.2) is 90.4 Å². The second-order valence-electron chi connectivity index (χ2n) is 16.1. The first kappa shape index (κ1) is 39.1. The second-order valence-corrected chi connectivity index (χ2v) is 16.1. The molecule has 0 spiro atoms. The number of carbonyl (C=O) groups excluding carboxylic acids is 4. The van der Waals surface area contributed by atoms with Crippen LogP contribution in [0.3, 0.4) is 0 Å². The lowest BCUT2D eigenvalue weighted by Gasteiger charge is -2.38. The molecular formula is C48H53N5O5. The van der Waals surface area contributed by atoms with E-state index in [4.69, 9.17) is 0 Å². The van der Waals surface area contributed by atoms with Gasteiger partial charge in [-0.1, -0.05) is 67.9 Å². The van der Waals surface area contributed by atoms with Gasteiger partial charge in [0.2, 0.25) is 11.8 Å². The Morgan fingerprint density at radius 3 is 2.00 bits per heavy atom. The third-order valence-electron chi connectivity index (χ3n) is 12.5. The van der Waals surface area contributed by atoms with Gasteiger partial charge in [-0.25, -0.2) is 0 Å². The number of piperazine rings is 1. The topological polar surface area (TPSA) is 114 Å². The van der Waals surface area contributed by atoms with Crippen molar-refractivity contribution in [1.82, 2.24) is 15.1 Å². The van der Waals surface area contributed by atoms with Crippen molar-refractivity contribution in [1.29, 1.82) is 0 Å². The number of piperidine rings is 2. The van der Waals surface area contributed by atoms with Crippen molar-refractivity contribution < 1.29 is 24.3 Å². The van der Waals surface area contributed by atoms with Gasteiger partial charge in [0.15, 0.2) is 0 Å². The number of hydrogen-bond donors (Lipinski definition) is 2. The summed E-state index contributed by atoms with van der Waals surface area (Å²) in [6, 6.07) is 31.8. The molecule has 0 radical (unpaired) electrons. The highest BCUT2D eigenvalue weighted by Gasteiger charge is 2.44. The number of hydrogen-bond acceptors (Lipinski definition) is 8. The quantitative estimate of drug-likeness (QED) is 0.113. The van der Waals surface area contributed by atoms with E-state index in [1.807, 2.05) is 18.2 Å². The van der Waals surface area contributed by atoms with E-state index in [1.54, 1.807) is 24.3 Å². The predicted octanol–water partition coefficient (Wildman–Crippen LogP) is 7.37. The summed E-state index contributed by atoms with van der Waals surface area (Å²) in [6.45, 7) is 8.93. The molecule has 4 amide bonds. The Bertz CT molecular complexity index is 2170. The molecule has 300 valence electrons. The first-order valence-corrected chi connectivity index (χ1v) is 21.0. The van der Waals surface area contributed by atoms with Gasteiger partial charge in [-0.2, -0.15) is 0 Å². The van der Waals surface area contributed by atoms with Crippen LogP contribution in [0.1, 0.15) is 95.7 Å². The molecule has 10 nitrogen and oxygen atoms in total. The van der Waals surface area contributed by atoms with Crippen LogP contribution in [-0.2, 0) is 9.59 Å². The molecule has 58 heavy (non-hydrogen) atoms. The molecule has 1 atom stereocenters. The number of anilines is 2. The molecule has 3 fully saturated rings. The van der Waals surface area contributed by atoms with Gasteiger partial charge in [-0.05, 0) is 121 Å². The summed E-state index contributed by atoms with van der Waals surface area (Å²) in [4.78, 5) is 58.9. The Kier molecular flexibility index (Phi) is 11.7. The summed E-state index contributed by atoms with van der Waals surface area (Å²) < 4.78 is 0. The first-order valence-electron chi connectivity index (χ1n) is 21.0. The zero-order valence-corrected chi connectivity index (χ0v) is 33.4. The highest BCUT2D eigenvalue weighted by Crippen LogP contribution is 2.37. The van der Waals surface area contributed by atoms with Crippen LogP contribution in [0.15, 0.2) is 97.1 Å². The van der Waals surface area contributed by atoms with Gasteiger partial charge in [-0.3, -0.25) is 34.3 Å². The monoisotopic (exact) mass is 779 g/mol. The van der Waals surface area contributed by atoms with Crippen LogP contribution < -0.4 is 15.1 Å². The van der Waals surface area contributed by atoms with Crippen molar-refractivity contribution in [3.63, 3.8) is 0 Å². The number of carbonyl (C=O) groups is 4. The third kappa shape index (κ3) is 8.29. The van der Waals surface area contributed by atoms with Crippen molar-refractivity contribution in [3.8, 4) is 5.75 Å². The number of benzene rings is 4. The number of imide groups is 2. The van der Waals surface area contributed by atoms with E-state index in [0.29, 0.717) is 17.0 Å². The number of rotatable bonds is 12. The highest BCUT2D eigenvalue weighted by atomic mass is 16.3. The van der Waals surface area contributed by atoms with Gasteiger partial charge in [-0.15, -0.1) is 0 Å². The highest BCUT2D eigenvalue weighted by molar-refractivity contribution is 6.23. The molecule has 2 N–H and O–H groups in total. The summed E-state index contributed by atoms with van der Waals surface area (Å²) in [6.07, 6.45) is 6.98. The second kappa shape index (κ2) is 17.4. The minimum atomic E-state index is -0.959. The first-order chi connectivity index (χ1) is 28.3. The minimum absolute atomic E-state index is 0.104. The number of nitrogens with one attached hydrogen (secondary N) is 1. The summed E-state index contributed by atoms with van der Waals surface area (Å²) in [5, 5.41) is 12.3. The summed E-state index contributed by atoms with van der Waals surface area (Å²) in [7, 11) is 0. The Hall–Kier alpha value is -5.74. The van der Waals surface area contributed by atoms with Crippen LogP contribution in [0.5, 0.6) is 5.75 Å². The Morgan fingerprint density at radius 2 is 1.33 bits per heavy atom. The largest absolute Gasteiger partial charge is 0.508 e. The summed E-state index contributed by atoms with van der Waals surface area (Å²) >= 11 is 0. The number of unbranched alkanes of at least 4 members (excludes halogenated alkanes) is 1. The maximum absolute atomic E-state index is 13.4. The Morgan fingerprint density at radius 1 is 0.690 bits per heavy atom. The zero-order valence-electron chi connectivity index (χ0n) is 33.4. The molecule has 4 heterocycles. The maximum atomic E-state index is 13.4. The molecule has 4 aromatic carbocycles. The number of amides is 4. The van der Waals surface area contributed by atoms with Gasteiger partial charge >= 0.3 is 0 Å². The smallest absolute Gasteiger partial charge is 0.262 e. The molecule has 4 aliphatic rings. The van der Waals surface area contributed by atoms with Gasteiger partial charge in [0.1, 0.15) is 11.8 Å². The fourth-order valence-corrected chi connectivity index (χ4v) is 9.12. The normalized spacial score (nSPS) is 19.7. The van der Waals surface area contributed by atoms with Crippen molar-refractivity contribution >= 4 is 46.1 Å². The molecule has 0 bridgehead atoms. The zero-order chi connectivity index (χ0) is 40.2. The molecule has 3 saturated heterocycles. The average Bonchev–Trinajstić information content (AvgIpc) is 3.50. The van der Waals surface area contributed by atoms with Crippen molar-refractivity contribution in [2.75, 3.05) is 55.6 Å². The van der Waals surface area contributed by atoms with E-state index in [1.165, 1.54) is 47.2 Å². The number of allylic oxidation sites excluding steroid dienone is 1. The van der Waals surface area contributed by atoms with E-state index < -0.39 is 23.8 Å². The van der Waals surface area contributed by atoms with Gasteiger partial charge in [0, 0.05) is 57.1 Å². The molecule has 0 aromatic heterocycles. The SMILES string of the molecule is CCCC/C(=C(\c1ccc(O)cc1)c1ccc(N2CCC(CCN3CCN(c4ccc5c(c4)C(=O)N(C4CCC(=O)NC4=O)C5=O)CC3)CC2)cc1)c1ccccc1. The number of phenols is 1.